The Bertz CT molecular complexity index is 494. The van der Waals surface area contributed by atoms with Crippen LogP contribution in [0.25, 0.3) is 0 Å². The second kappa shape index (κ2) is 7.77. The van der Waals surface area contributed by atoms with E-state index in [0.717, 1.165) is 44.2 Å². The maximum atomic E-state index is 12.5. The number of hydrogen-bond acceptors (Lipinski definition) is 3. The number of aromatic nitrogens is 2. The van der Waals surface area contributed by atoms with E-state index in [2.05, 4.69) is 24.3 Å². The molecular weight excluding hydrogens is 278 g/mol. The van der Waals surface area contributed by atoms with Crippen LogP contribution < -0.4 is 5.32 Å². The number of aliphatic hydroxyl groups is 1. The second-order valence-corrected chi connectivity index (χ2v) is 6.39. The van der Waals surface area contributed by atoms with Crippen molar-refractivity contribution in [3.05, 3.63) is 17.5 Å². The molecule has 1 saturated carbocycles. The molecule has 2 N–H and O–H groups in total. The Hall–Kier alpha value is -1.36. The van der Waals surface area contributed by atoms with E-state index < -0.39 is 0 Å². The van der Waals surface area contributed by atoms with Gasteiger partial charge in [-0.1, -0.05) is 26.7 Å². The van der Waals surface area contributed by atoms with Crippen molar-refractivity contribution in [3.8, 4) is 0 Å². The van der Waals surface area contributed by atoms with Gasteiger partial charge in [0.2, 0.25) is 0 Å². The number of carbonyl (C=O) groups excluding carboxylic acids is 1. The third-order valence-electron chi connectivity index (χ3n) is 4.90. The molecule has 0 spiro atoms. The number of nitrogens with one attached hydrogen (secondary N) is 1. The number of hydrogen-bond donors (Lipinski definition) is 2. The van der Waals surface area contributed by atoms with Crippen LogP contribution in [0.15, 0.2) is 6.07 Å². The third-order valence-corrected chi connectivity index (χ3v) is 4.90. The lowest BCUT2D eigenvalue weighted by atomic mass is 9.85. The molecule has 1 aliphatic rings. The zero-order chi connectivity index (χ0) is 16.1. The van der Waals surface area contributed by atoms with Crippen LogP contribution in [0.2, 0.25) is 0 Å². The summed E-state index contributed by atoms with van der Waals surface area (Å²) in [5.74, 6) is 0.0677. The molecule has 1 heterocycles. The standard InChI is InChI=1S/C17H29N3O2/c1-4-14(5-2)20-12(3)10-16(19-20)17(22)18-15-9-7-6-8-13(15)11-21/h10,13-15,21H,4-9,11H2,1-3H3,(H,18,22). The first-order chi connectivity index (χ1) is 10.6. The van der Waals surface area contributed by atoms with Crippen LogP contribution in [0.5, 0.6) is 0 Å². The van der Waals surface area contributed by atoms with Gasteiger partial charge in [-0.25, -0.2) is 0 Å². The van der Waals surface area contributed by atoms with Crippen LogP contribution in [0.4, 0.5) is 0 Å². The Kier molecular flexibility index (Phi) is 6.00. The minimum atomic E-state index is -0.113. The summed E-state index contributed by atoms with van der Waals surface area (Å²) in [4.78, 5) is 12.5. The van der Waals surface area contributed by atoms with E-state index in [0.29, 0.717) is 11.7 Å². The van der Waals surface area contributed by atoms with Crippen molar-refractivity contribution in [2.75, 3.05) is 6.61 Å². The Morgan fingerprint density at radius 2 is 2.09 bits per heavy atom. The molecule has 2 atom stereocenters. The van der Waals surface area contributed by atoms with Crippen molar-refractivity contribution in [3.63, 3.8) is 0 Å². The Morgan fingerprint density at radius 3 is 2.73 bits per heavy atom. The minimum Gasteiger partial charge on any atom is -0.396 e. The maximum absolute atomic E-state index is 12.5. The number of carbonyl (C=O) groups is 1. The molecule has 0 saturated heterocycles. The molecule has 124 valence electrons. The first-order valence-corrected chi connectivity index (χ1v) is 8.58. The van der Waals surface area contributed by atoms with Crippen LogP contribution in [0.1, 0.15) is 74.6 Å². The quantitative estimate of drug-likeness (QED) is 0.849. The van der Waals surface area contributed by atoms with Gasteiger partial charge in [0.1, 0.15) is 5.69 Å². The summed E-state index contributed by atoms with van der Waals surface area (Å²) in [6.45, 7) is 6.43. The fourth-order valence-corrected chi connectivity index (χ4v) is 3.46. The highest BCUT2D eigenvalue weighted by atomic mass is 16.3. The van der Waals surface area contributed by atoms with E-state index in [1.165, 1.54) is 0 Å². The van der Waals surface area contributed by atoms with Gasteiger partial charge in [-0.05, 0) is 38.7 Å². The molecule has 1 aromatic heterocycles. The fraction of sp³-hybridized carbons (Fsp3) is 0.765. The zero-order valence-corrected chi connectivity index (χ0v) is 14.0. The normalized spacial score (nSPS) is 22.0. The highest BCUT2D eigenvalue weighted by Gasteiger charge is 2.27. The molecule has 1 fully saturated rings. The van der Waals surface area contributed by atoms with Crippen molar-refractivity contribution in [2.24, 2.45) is 5.92 Å². The summed E-state index contributed by atoms with van der Waals surface area (Å²) < 4.78 is 1.97. The summed E-state index contributed by atoms with van der Waals surface area (Å²) in [6.07, 6.45) is 6.21. The van der Waals surface area contributed by atoms with Gasteiger partial charge in [-0.15, -0.1) is 0 Å². The van der Waals surface area contributed by atoms with Gasteiger partial charge in [0, 0.05) is 24.3 Å². The summed E-state index contributed by atoms with van der Waals surface area (Å²) in [7, 11) is 0. The summed E-state index contributed by atoms with van der Waals surface area (Å²) in [5.41, 5.74) is 1.52. The number of nitrogens with zero attached hydrogens (tertiary/aromatic N) is 2. The first-order valence-electron chi connectivity index (χ1n) is 8.58. The van der Waals surface area contributed by atoms with Crippen LogP contribution in [0, 0.1) is 12.8 Å². The molecule has 2 rings (SSSR count). The average molecular weight is 307 g/mol. The van der Waals surface area contributed by atoms with Gasteiger partial charge < -0.3 is 10.4 Å². The van der Waals surface area contributed by atoms with Crippen molar-refractivity contribution in [1.82, 2.24) is 15.1 Å². The van der Waals surface area contributed by atoms with Gasteiger partial charge in [-0.2, -0.15) is 5.10 Å². The Labute approximate surface area is 133 Å². The number of rotatable bonds is 6. The second-order valence-electron chi connectivity index (χ2n) is 6.39. The number of aliphatic hydroxyl groups excluding tert-OH is 1. The lowest BCUT2D eigenvalue weighted by molar-refractivity contribution is 0.0866. The summed E-state index contributed by atoms with van der Waals surface area (Å²) in [6, 6.07) is 2.29. The molecule has 0 bridgehead atoms. The number of aryl methyl sites for hydroxylation is 1. The fourth-order valence-electron chi connectivity index (χ4n) is 3.46. The molecule has 1 aliphatic carbocycles. The lowest BCUT2D eigenvalue weighted by Crippen LogP contribution is -2.43. The minimum absolute atomic E-state index is 0.0739. The Balaban J connectivity index is 2.08. The maximum Gasteiger partial charge on any atom is 0.272 e. The van der Waals surface area contributed by atoms with E-state index in [9.17, 15) is 9.90 Å². The van der Waals surface area contributed by atoms with Crippen LogP contribution in [-0.4, -0.2) is 33.4 Å². The molecule has 1 amide bonds. The van der Waals surface area contributed by atoms with Gasteiger partial charge in [-0.3, -0.25) is 9.48 Å². The average Bonchev–Trinajstić information content (AvgIpc) is 2.91. The largest absolute Gasteiger partial charge is 0.396 e. The van der Waals surface area contributed by atoms with Crippen molar-refractivity contribution in [1.29, 1.82) is 0 Å². The first kappa shape index (κ1) is 17.0. The molecule has 0 aromatic carbocycles. The van der Waals surface area contributed by atoms with Crippen molar-refractivity contribution >= 4 is 5.91 Å². The smallest absolute Gasteiger partial charge is 0.272 e. The van der Waals surface area contributed by atoms with E-state index in [4.69, 9.17) is 0 Å². The van der Waals surface area contributed by atoms with E-state index >= 15 is 0 Å². The summed E-state index contributed by atoms with van der Waals surface area (Å²) >= 11 is 0. The molecule has 0 aliphatic heterocycles. The lowest BCUT2D eigenvalue weighted by Gasteiger charge is -2.30. The van der Waals surface area contributed by atoms with Crippen LogP contribution >= 0.6 is 0 Å². The molecule has 5 heteroatoms. The van der Waals surface area contributed by atoms with Gasteiger partial charge in [0.15, 0.2) is 0 Å². The van der Waals surface area contributed by atoms with E-state index in [1.54, 1.807) is 0 Å². The Morgan fingerprint density at radius 1 is 1.41 bits per heavy atom. The van der Waals surface area contributed by atoms with Crippen LogP contribution in [0.3, 0.4) is 0 Å². The molecule has 0 radical (unpaired) electrons. The number of amides is 1. The van der Waals surface area contributed by atoms with Gasteiger partial charge in [0.25, 0.3) is 5.91 Å². The van der Waals surface area contributed by atoms with E-state index in [1.807, 2.05) is 17.7 Å². The monoisotopic (exact) mass is 307 g/mol. The molecule has 1 aromatic rings. The van der Waals surface area contributed by atoms with Gasteiger partial charge >= 0.3 is 0 Å². The van der Waals surface area contributed by atoms with E-state index in [-0.39, 0.29) is 24.5 Å². The predicted molar refractivity (Wildman–Crippen MR) is 86.9 cm³/mol. The predicted octanol–water partition coefficient (Wildman–Crippen LogP) is 2.83. The van der Waals surface area contributed by atoms with Crippen LogP contribution in [-0.2, 0) is 0 Å². The third kappa shape index (κ3) is 3.69. The topological polar surface area (TPSA) is 67.2 Å². The highest BCUT2D eigenvalue weighted by Crippen LogP contribution is 2.24. The SMILES string of the molecule is CCC(CC)n1nc(C(=O)NC2CCCCC2CO)cc1C. The van der Waals surface area contributed by atoms with Crippen molar-refractivity contribution in [2.45, 2.75) is 71.4 Å². The molecular formula is C17H29N3O2. The summed E-state index contributed by atoms with van der Waals surface area (Å²) in [5, 5.41) is 17.0. The van der Waals surface area contributed by atoms with Crippen molar-refractivity contribution < 1.29 is 9.90 Å². The highest BCUT2D eigenvalue weighted by molar-refractivity contribution is 5.92. The molecule has 2 unspecified atom stereocenters. The zero-order valence-electron chi connectivity index (χ0n) is 14.0. The molecule has 22 heavy (non-hydrogen) atoms. The molecule has 5 nitrogen and oxygen atoms in total. The van der Waals surface area contributed by atoms with Gasteiger partial charge in [0.05, 0.1) is 6.04 Å².